The Hall–Kier alpha value is -2.56. The molecular weight excluding hydrogens is 268 g/mol. The van der Waals surface area contributed by atoms with E-state index in [1.807, 2.05) is 6.92 Å². The normalized spacial score (nSPS) is 10.2. The molecule has 0 bridgehead atoms. The van der Waals surface area contributed by atoms with Gasteiger partial charge in [-0.25, -0.2) is 0 Å². The van der Waals surface area contributed by atoms with E-state index in [9.17, 15) is 9.59 Å². The highest BCUT2D eigenvalue weighted by molar-refractivity contribution is 5.93. The SMILES string of the molecule is CCCNC(=O)c1ccc(=O)n(-c2ccc(OC)cc2)c1. The molecule has 0 saturated carbocycles. The lowest BCUT2D eigenvalue weighted by Gasteiger charge is -2.09. The quantitative estimate of drug-likeness (QED) is 0.914. The highest BCUT2D eigenvalue weighted by Gasteiger charge is 2.08. The molecule has 0 unspecified atom stereocenters. The summed E-state index contributed by atoms with van der Waals surface area (Å²) in [6.45, 7) is 2.60. The Bertz CT molecular complexity index is 675. The van der Waals surface area contributed by atoms with E-state index in [2.05, 4.69) is 5.32 Å². The average molecular weight is 286 g/mol. The number of nitrogens with zero attached hydrogens (tertiary/aromatic N) is 1. The van der Waals surface area contributed by atoms with Crippen LogP contribution in [0.15, 0.2) is 47.4 Å². The first-order valence-electron chi connectivity index (χ1n) is 6.81. The Morgan fingerprint density at radius 2 is 1.90 bits per heavy atom. The van der Waals surface area contributed by atoms with Gasteiger partial charge >= 0.3 is 0 Å². The van der Waals surface area contributed by atoms with Crippen LogP contribution in [0.1, 0.15) is 23.7 Å². The first kappa shape index (κ1) is 14.8. The maximum absolute atomic E-state index is 12.0. The summed E-state index contributed by atoms with van der Waals surface area (Å²) in [6.07, 6.45) is 2.42. The van der Waals surface area contributed by atoms with Crippen molar-refractivity contribution in [3.8, 4) is 11.4 Å². The minimum absolute atomic E-state index is 0.181. The van der Waals surface area contributed by atoms with Crippen LogP contribution in [-0.2, 0) is 0 Å². The second-order valence-corrected chi connectivity index (χ2v) is 4.58. The number of carbonyl (C=O) groups is 1. The Balaban J connectivity index is 2.34. The molecule has 1 aromatic carbocycles. The molecule has 5 nitrogen and oxygen atoms in total. The second-order valence-electron chi connectivity index (χ2n) is 4.58. The largest absolute Gasteiger partial charge is 0.497 e. The third-order valence-electron chi connectivity index (χ3n) is 3.06. The Labute approximate surface area is 123 Å². The third-order valence-corrected chi connectivity index (χ3v) is 3.06. The van der Waals surface area contributed by atoms with E-state index in [1.54, 1.807) is 37.6 Å². The van der Waals surface area contributed by atoms with Crippen LogP contribution >= 0.6 is 0 Å². The molecule has 0 fully saturated rings. The Morgan fingerprint density at radius 3 is 2.52 bits per heavy atom. The molecule has 21 heavy (non-hydrogen) atoms. The van der Waals surface area contributed by atoms with Crippen molar-refractivity contribution in [2.45, 2.75) is 13.3 Å². The average Bonchev–Trinajstić information content (AvgIpc) is 2.53. The van der Waals surface area contributed by atoms with Crippen molar-refractivity contribution in [2.24, 2.45) is 0 Å². The number of benzene rings is 1. The molecule has 1 heterocycles. The summed E-state index contributed by atoms with van der Waals surface area (Å²) in [5.41, 5.74) is 0.956. The lowest BCUT2D eigenvalue weighted by Crippen LogP contribution is -2.26. The van der Waals surface area contributed by atoms with Crippen LogP contribution < -0.4 is 15.6 Å². The monoisotopic (exact) mass is 286 g/mol. The second kappa shape index (κ2) is 6.74. The van der Waals surface area contributed by atoms with Gasteiger partial charge in [0.2, 0.25) is 0 Å². The van der Waals surface area contributed by atoms with Gasteiger partial charge in [-0.15, -0.1) is 0 Å². The molecule has 2 aromatic rings. The van der Waals surface area contributed by atoms with Crippen molar-refractivity contribution in [1.82, 2.24) is 9.88 Å². The molecule has 0 atom stereocenters. The van der Waals surface area contributed by atoms with E-state index in [0.29, 0.717) is 23.5 Å². The van der Waals surface area contributed by atoms with Crippen LogP contribution in [-0.4, -0.2) is 24.1 Å². The van der Waals surface area contributed by atoms with Gasteiger partial charge in [-0.05, 0) is 36.8 Å². The zero-order chi connectivity index (χ0) is 15.2. The fourth-order valence-electron chi connectivity index (χ4n) is 1.91. The van der Waals surface area contributed by atoms with E-state index < -0.39 is 0 Å². The molecule has 2 rings (SSSR count). The van der Waals surface area contributed by atoms with Crippen molar-refractivity contribution in [3.05, 3.63) is 58.5 Å². The van der Waals surface area contributed by atoms with E-state index in [-0.39, 0.29) is 11.5 Å². The van der Waals surface area contributed by atoms with Gasteiger partial charge < -0.3 is 10.1 Å². The van der Waals surface area contributed by atoms with Crippen LogP contribution in [0.3, 0.4) is 0 Å². The fraction of sp³-hybridized carbons (Fsp3) is 0.250. The fourth-order valence-corrected chi connectivity index (χ4v) is 1.91. The molecule has 0 aliphatic heterocycles. The van der Waals surface area contributed by atoms with E-state index >= 15 is 0 Å². The maximum atomic E-state index is 12.0. The predicted octanol–water partition coefficient (Wildman–Crippen LogP) is 1.99. The number of carbonyl (C=O) groups excluding carboxylic acids is 1. The smallest absolute Gasteiger partial charge is 0.255 e. The summed E-state index contributed by atoms with van der Waals surface area (Å²) >= 11 is 0. The number of hydrogen-bond donors (Lipinski definition) is 1. The predicted molar refractivity (Wildman–Crippen MR) is 81.2 cm³/mol. The standard InChI is InChI=1S/C16H18N2O3/c1-3-10-17-16(20)12-4-9-15(19)18(11-12)13-5-7-14(21-2)8-6-13/h4-9,11H,3,10H2,1-2H3,(H,17,20). The first-order chi connectivity index (χ1) is 10.2. The van der Waals surface area contributed by atoms with Crippen molar-refractivity contribution in [2.75, 3.05) is 13.7 Å². The minimum Gasteiger partial charge on any atom is -0.497 e. The Morgan fingerprint density at radius 1 is 1.19 bits per heavy atom. The molecule has 110 valence electrons. The maximum Gasteiger partial charge on any atom is 0.255 e. The van der Waals surface area contributed by atoms with Gasteiger partial charge in [0.05, 0.1) is 12.7 Å². The summed E-state index contributed by atoms with van der Waals surface area (Å²) < 4.78 is 6.53. The summed E-state index contributed by atoms with van der Waals surface area (Å²) in [5.74, 6) is 0.530. The van der Waals surface area contributed by atoms with Crippen LogP contribution in [0.4, 0.5) is 0 Å². The molecule has 0 saturated heterocycles. The van der Waals surface area contributed by atoms with E-state index in [1.165, 1.54) is 16.7 Å². The van der Waals surface area contributed by atoms with Crippen molar-refractivity contribution >= 4 is 5.91 Å². The summed E-state index contributed by atoms with van der Waals surface area (Å²) in [6, 6.07) is 10.0. The van der Waals surface area contributed by atoms with Gasteiger partial charge in [0.15, 0.2) is 0 Å². The van der Waals surface area contributed by atoms with Gasteiger partial charge in [-0.1, -0.05) is 6.92 Å². The lowest BCUT2D eigenvalue weighted by molar-refractivity contribution is 0.0953. The van der Waals surface area contributed by atoms with E-state index in [4.69, 9.17) is 4.74 Å². The first-order valence-corrected chi connectivity index (χ1v) is 6.81. The van der Waals surface area contributed by atoms with Gasteiger partial charge in [0.25, 0.3) is 11.5 Å². The number of amides is 1. The molecule has 0 spiro atoms. The van der Waals surface area contributed by atoms with Gasteiger partial charge in [-0.3, -0.25) is 14.2 Å². The topological polar surface area (TPSA) is 60.3 Å². The molecule has 5 heteroatoms. The molecule has 1 N–H and O–H groups in total. The zero-order valence-corrected chi connectivity index (χ0v) is 12.1. The lowest BCUT2D eigenvalue weighted by atomic mass is 10.2. The van der Waals surface area contributed by atoms with Crippen molar-refractivity contribution < 1.29 is 9.53 Å². The number of aromatic nitrogens is 1. The number of rotatable bonds is 5. The molecule has 0 aliphatic carbocycles. The zero-order valence-electron chi connectivity index (χ0n) is 12.1. The molecule has 1 amide bonds. The van der Waals surface area contributed by atoms with Crippen LogP contribution in [0.25, 0.3) is 5.69 Å². The molecule has 1 aromatic heterocycles. The Kier molecular flexibility index (Phi) is 4.77. The van der Waals surface area contributed by atoms with Gasteiger partial charge in [0.1, 0.15) is 5.75 Å². The van der Waals surface area contributed by atoms with Crippen LogP contribution in [0.5, 0.6) is 5.75 Å². The molecule has 0 aliphatic rings. The van der Waals surface area contributed by atoms with Crippen molar-refractivity contribution in [3.63, 3.8) is 0 Å². The molecule has 0 radical (unpaired) electrons. The minimum atomic E-state index is -0.188. The number of ether oxygens (including phenoxy) is 1. The van der Waals surface area contributed by atoms with Crippen molar-refractivity contribution in [1.29, 1.82) is 0 Å². The highest BCUT2D eigenvalue weighted by atomic mass is 16.5. The third kappa shape index (κ3) is 3.51. The summed E-state index contributed by atoms with van der Waals surface area (Å²) in [4.78, 5) is 23.9. The highest BCUT2D eigenvalue weighted by Crippen LogP contribution is 2.14. The van der Waals surface area contributed by atoms with Crippen LogP contribution in [0.2, 0.25) is 0 Å². The summed E-state index contributed by atoms with van der Waals surface area (Å²) in [5, 5.41) is 2.79. The molecular formula is C16H18N2O3. The van der Waals surface area contributed by atoms with Gasteiger partial charge in [-0.2, -0.15) is 0 Å². The van der Waals surface area contributed by atoms with Crippen LogP contribution in [0, 0.1) is 0 Å². The number of methoxy groups -OCH3 is 1. The van der Waals surface area contributed by atoms with E-state index in [0.717, 1.165) is 6.42 Å². The number of nitrogens with one attached hydrogen (secondary N) is 1. The number of pyridine rings is 1. The number of hydrogen-bond acceptors (Lipinski definition) is 3. The van der Waals surface area contributed by atoms with Gasteiger partial charge in [0, 0.05) is 24.5 Å². The summed E-state index contributed by atoms with van der Waals surface area (Å²) in [7, 11) is 1.58.